The smallest absolute Gasteiger partial charge is 0.315 e. The maximum atomic E-state index is 12.1. The van der Waals surface area contributed by atoms with Crippen molar-refractivity contribution >= 4 is 5.97 Å². The van der Waals surface area contributed by atoms with E-state index in [1.54, 1.807) is 0 Å². The molecule has 0 aromatic rings. The Hall–Kier alpha value is -1.17. The molecule has 0 spiro atoms. The van der Waals surface area contributed by atoms with E-state index >= 15 is 0 Å². The van der Waals surface area contributed by atoms with Crippen LogP contribution in [0, 0.1) is 28.6 Å². The zero-order chi connectivity index (χ0) is 18.8. The number of hydrogen-bond acceptors (Lipinski definition) is 4. The van der Waals surface area contributed by atoms with Gasteiger partial charge >= 0.3 is 5.97 Å². The molecule has 3 saturated carbocycles. The Morgan fingerprint density at radius 2 is 1.88 bits per heavy atom. The Bertz CT molecular complexity index is 615. The summed E-state index contributed by atoms with van der Waals surface area (Å²) in [5.74, 6) is -1.04. The van der Waals surface area contributed by atoms with Crippen molar-refractivity contribution in [3.63, 3.8) is 0 Å². The molecule has 5 heteroatoms. The standard InChI is InChI=1S/C20H30O5/c1-5-12-11(2)6-7-14-13(12)10-16(22)20(25)18(14,3)9-8-15(21)19(20,4)17(23)24/h5,12-16,21-22,25H,1-2,6-10H2,3-4H3,(H,23,24)/t12-,13+,14+,15+,16-,18-,19-,20+/m0/s1. The van der Waals surface area contributed by atoms with Gasteiger partial charge in [0.05, 0.1) is 12.2 Å². The molecule has 25 heavy (non-hydrogen) atoms. The summed E-state index contributed by atoms with van der Waals surface area (Å²) in [6.45, 7) is 11.4. The maximum absolute atomic E-state index is 12.1. The third-order valence-corrected chi connectivity index (χ3v) is 7.99. The average Bonchev–Trinajstić information content (AvgIpc) is 2.55. The van der Waals surface area contributed by atoms with Gasteiger partial charge in [-0.3, -0.25) is 4.79 Å². The number of rotatable bonds is 2. The van der Waals surface area contributed by atoms with E-state index in [4.69, 9.17) is 0 Å². The number of fused-ring (bicyclic) bond motifs is 3. The Morgan fingerprint density at radius 3 is 2.44 bits per heavy atom. The third kappa shape index (κ3) is 2.03. The zero-order valence-corrected chi connectivity index (χ0v) is 15.1. The monoisotopic (exact) mass is 350 g/mol. The zero-order valence-electron chi connectivity index (χ0n) is 15.1. The van der Waals surface area contributed by atoms with Crippen LogP contribution in [0.1, 0.15) is 46.0 Å². The van der Waals surface area contributed by atoms with Crippen molar-refractivity contribution < 1.29 is 25.2 Å². The number of carboxylic acids is 1. The van der Waals surface area contributed by atoms with Crippen LogP contribution in [0.15, 0.2) is 24.8 Å². The number of aliphatic hydroxyl groups excluding tert-OH is 2. The van der Waals surface area contributed by atoms with Gasteiger partial charge in [-0.2, -0.15) is 0 Å². The fraction of sp³-hybridized carbons (Fsp3) is 0.750. The van der Waals surface area contributed by atoms with E-state index in [2.05, 4.69) is 13.2 Å². The second-order valence-electron chi connectivity index (χ2n) is 8.73. The lowest BCUT2D eigenvalue weighted by molar-refractivity contribution is -0.309. The van der Waals surface area contributed by atoms with Gasteiger partial charge in [0, 0.05) is 11.3 Å². The molecule has 0 aromatic heterocycles. The highest BCUT2D eigenvalue weighted by molar-refractivity contribution is 5.77. The highest BCUT2D eigenvalue weighted by Crippen LogP contribution is 2.67. The van der Waals surface area contributed by atoms with E-state index in [9.17, 15) is 25.2 Å². The molecule has 0 aromatic carbocycles. The van der Waals surface area contributed by atoms with Crippen LogP contribution < -0.4 is 0 Å². The normalized spacial score (nSPS) is 52.8. The number of carbonyl (C=O) groups is 1. The second-order valence-corrected chi connectivity index (χ2v) is 8.73. The summed E-state index contributed by atoms with van der Waals surface area (Å²) in [6.07, 6.45) is 2.16. The van der Waals surface area contributed by atoms with Crippen molar-refractivity contribution in [2.75, 3.05) is 0 Å². The molecule has 0 radical (unpaired) electrons. The fourth-order valence-corrected chi connectivity index (χ4v) is 6.41. The molecule has 3 aliphatic rings. The first kappa shape index (κ1) is 18.6. The van der Waals surface area contributed by atoms with Crippen LogP contribution >= 0.6 is 0 Å². The minimum Gasteiger partial charge on any atom is -0.481 e. The Labute approximate surface area is 149 Å². The van der Waals surface area contributed by atoms with Crippen LogP contribution in [0.3, 0.4) is 0 Å². The van der Waals surface area contributed by atoms with E-state index in [-0.39, 0.29) is 17.8 Å². The number of aliphatic carboxylic acids is 1. The van der Waals surface area contributed by atoms with Crippen molar-refractivity contribution in [1.82, 2.24) is 0 Å². The molecule has 3 rings (SSSR count). The summed E-state index contributed by atoms with van der Waals surface area (Å²) in [4.78, 5) is 12.1. The van der Waals surface area contributed by atoms with Crippen molar-refractivity contribution in [1.29, 1.82) is 0 Å². The summed E-state index contributed by atoms with van der Waals surface area (Å²) in [5, 5.41) is 43.1. The summed E-state index contributed by atoms with van der Waals surface area (Å²) in [5.41, 5.74) is -3.38. The minimum absolute atomic E-state index is 0.0561. The van der Waals surface area contributed by atoms with Gasteiger partial charge < -0.3 is 20.4 Å². The average molecular weight is 350 g/mol. The third-order valence-electron chi connectivity index (χ3n) is 7.99. The Kier molecular flexibility index (Phi) is 4.22. The van der Waals surface area contributed by atoms with Crippen molar-refractivity contribution in [2.24, 2.45) is 28.6 Å². The van der Waals surface area contributed by atoms with Crippen LogP contribution in [-0.2, 0) is 4.79 Å². The lowest BCUT2D eigenvalue weighted by Gasteiger charge is -2.67. The Balaban J connectivity index is 2.15. The number of allylic oxidation sites excluding steroid dienone is 2. The highest BCUT2D eigenvalue weighted by Gasteiger charge is 2.74. The molecule has 0 amide bonds. The fourth-order valence-electron chi connectivity index (χ4n) is 6.41. The van der Waals surface area contributed by atoms with Gasteiger partial charge in [-0.15, -0.1) is 6.58 Å². The van der Waals surface area contributed by atoms with Crippen molar-refractivity contribution in [3.8, 4) is 0 Å². The minimum atomic E-state index is -1.88. The lowest BCUT2D eigenvalue weighted by Crippen LogP contribution is -2.77. The van der Waals surface area contributed by atoms with Crippen LogP contribution in [0.2, 0.25) is 0 Å². The molecule has 0 saturated heterocycles. The number of aliphatic hydroxyl groups is 3. The predicted octanol–water partition coefficient (Wildman–Crippen LogP) is 2.12. The number of hydrogen-bond donors (Lipinski definition) is 4. The molecule has 8 atom stereocenters. The first-order chi connectivity index (χ1) is 11.6. The molecule has 0 heterocycles. The van der Waals surface area contributed by atoms with Gasteiger partial charge in [-0.1, -0.05) is 25.2 Å². The van der Waals surface area contributed by atoms with Crippen LogP contribution in [-0.4, -0.2) is 44.2 Å². The summed E-state index contributed by atoms with van der Waals surface area (Å²) >= 11 is 0. The van der Waals surface area contributed by atoms with Gasteiger partial charge in [-0.25, -0.2) is 0 Å². The molecule has 0 unspecified atom stereocenters. The lowest BCUT2D eigenvalue weighted by atomic mass is 9.39. The van der Waals surface area contributed by atoms with E-state index in [0.717, 1.165) is 18.4 Å². The molecule has 5 nitrogen and oxygen atoms in total. The van der Waals surface area contributed by atoms with Gasteiger partial charge in [0.25, 0.3) is 0 Å². The molecule has 4 N–H and O–H groups in total. The van der Waals surface area contributed by atoms with Gasteiger partial charge in [-0.05, 0) is 50.9 Å². The Morgan fingerprint density at radius 1 is 1.24 bits per heavy atom. The van der Waals surface area contributed by atoms with Crippen LogP contribution in [0.4, 0.5) is 0 Å². The molecule has 140 valence electrons. The quantitative estimate of drug-likeness (QED) is 0.572. The van der Waals surface area contributed by atoms with Crippen molar-refractivity contribution in [3.05, 3.63) is 24.8 Å². The summed E-state index contributed by atoms with van der Waals surface area (Å²) in [6, 6.07) is 0. The van der Waals surface area contributed by atoms with Gasteiger partial charge in [0.1, 0.15) is 11.0 Å². The van der Waals surface area contributed by atoms with Gasteiger partial charge in [0.15, 0.2) is 0 Å². The van der Waals surface area contributed by atoms with Crippen LogP contribution in [0.5, 0.6) is 0 Å². The highest BCUT2D eigenvalue weighted by atomic mass is 16.4. The number of carboxylic acid groups (broad SMARTS) is 1. The van der Waals surface area contributed by atoms with Crippen molar-refractivity contribution in [2.45, 2.75) is 63.8 Å². The largest absolute Gasteiger partial charge is 0.481 e. The van der Waals surface area contributed by atoms with E-state index < -0.39 is 34.6 Å². The molecule has 0 bridgehead atoms. The molecular weight excluding hydrogens is 320 g/mol. The predicted molar refractivity (Wildman–Crippen MR) is 93.7 cm³/mol. The molecular formula is C20H30O5. The van der Waals surface area contributed by atoms with E-state index in [0.29, 0.717) is 19.3 Å². The van der Waals surface area contributed by atoms with Gasteiger partial charge in [0.2, 0.25) is 0 Å². The summed E-state index contributed by atoms with van der Waals surface area (Å²) < 4.78 is 0. The van der Waals surface area contributed by atoms with E-state index in [1.165, 1.54) is 6.92 Å². The first-order valence-corrected chi connectivity index (χ1v) is 9.17. The molecule has 0 aliphatic heterocycles. The summed E-state index contributed by atoms with van der Waals surface area (Å²) in [7, 11) is 0. The molecule has 3 aliphatic carbocycles. The second kappa shape index (κ2) is 5.66. The van der Waals surface area contributed by atoms with E-state index in [1.807, 2.05) is 13.0 Å². The first-order valence-electron chi connectivity index (χ1n) is 9.17. The molecule has 3 fully saturated rings. The maximum Gasteiger partial charge on any atom is 0.315 e. The topological polar surface area (TPSA) is 98.0 Å². The van der Waals surface area contributed by atoms with Crippen LogP contribution in [0.25, 0.3) is 0 Å². The SMILES string of the molecule is C=C[C@H]1C(=C)CC[C@@H]2[C@@H]1C[C@H](O)[C@@]1(O)[C@@]2(C)CC[C@@H](O)[C@@]1(C)C(=O)O.